The summed E-state index contributed by atoms with van der Waals surface area (Å²) in [6.07, 6.45) is 0. The average molecular weight is 195 g/mol. The molecule has 1 aromatic rings. The van der Waals surface area contributed by atoms with Gasteiger partial charge in [0.1, 0.15) is 5.82 Å². The van der Waals surface area contributed by atoms with E-state index in [1.807, 2.05) is 20.8 Å². The SMILES string of the molecule is CC(C)(C)NC(=O)c1ccccc1F. The highest BCUT2D eigenvalue weighted by atomic mass is 19.1. The Hall–Kier alpha value is -1.38. The number of rotatable bonds is 1. The highest BCUT2D eigenvalue weighted by Crippen LogP contribution is 2.08. The van der Waals surface area contributed by atoms with Crippen LogP contribution < -0.4 is 5.32 Å². The number of carbonyl (C=O) groups excluding carboxylic acids is 1. The zero-order valence-electron chi connectivity index (χ0n) is 8.60. The lowest BCUT2D eigenvalue weighted by atomic mass is 10.1. The third-order valence-corrected chi connectivity index (χ3v) is 1.61. The molecule has 1 aromatic carbocycles. The summed E-state index contributed by atoms with van der Waals surface area (Å²) in [5.41, 5.74) is -0.262. The molecule has 0 aliphatic carbocycles. The number of carbonyl (C=O) groups is 1. The topological polar surface area (TPSA) is 29.1 Å². The number of benzene rings is 1. The van der Waals surface area contributed by atoms with Crippen LogP contribution in [0.1, 0.15) is 31.1 Å². The van der Waals surface area contributed by atoms with Crippen molar-refractivity contribution in [2.24, 2.45) is 0 Å². The Morgan fingerprint density at radius 2 is 1.86 bits per heavy atom. The molecule has 0 aliphatic rings. The van der Waals surface area contributed by atoms with Crippen molar-refractivity contribution in [1.82, 2.24) is 5.32 Å². The Labute approximate surface area is 83.1 Å². The molecule has 1 N–H and O–H groups in total. The number of amides is 1. The molecule has 0 atom stereocenters. The van der Waals surface area contributed by atoms with E-state index in [4.69, 9.17) is 0 Å². The number of halogens is 1. The zero-order valence-corrected chi connectivity index (χ0v) is 8.60. The van der Waals surface area contributed by atoms with Crippen LogP contribution in [0.15, 0.2) is 24.3 Å². The minimum Gasteiger partial charge on any atom is -0.347 e. The lowest BCUT2D eigenvalue weighted by Gasteiger charge is -2.20. The molecule has 0 aromatic heterocycles. The normalized spacial score (nSPS) is 11.1. The van der Waals surface area contributed by atoms with Gasteiger partial charge in [0.15, 0.2) is 0 Å². The van der Waals surface area contributed by atoms with Crippen LogP contribution in [0, 0.1) is 5.82 Å². The molecule has 2 nitrogen and oxygen atoms in total. The second-order valence-electron chi connectivity index (χ2n) is 4.18. The van der Waals surface area contributed by atoms with Gasteiger partial charge < -0.3 is 5.32 Å². The van der Waals surface area contributed by atoms with Gasteiger partial charge in [0, 0.05) is 5.54 Å². The minimum absolute atomic E-state index is 0.0856. The van der Waals surface area contributed by atoms with E-state index in [-0.39, 0.29) is 17.0 Å². The van der Waals surface area contributed by atoms with Crippen LogP contribution in [0.4, 0.5) is 4.39 Å². The third kappa shape index (κ3) is 2.83. The fourth-order valence-electron chi connectivity index (χ4n) is 1.05. The Morgan fingerprint density at radius 3 is 2.36 bits per heavy atom. The molecule has 0 spiro atoms. The fourth-order valence-corrected chi connectivity index (χ4v) is 1.05. The van der Waals surface area contributed by atoms with Gasteiger partial charge in [-0.15, -0.1) is 0 Å². The molecule has 0 saturated carbocycles. The van der Waals surface area contributed by atoms with Crippen molar-refractivity contribution >= 4 is 5.91 Å². The van der Waals surface area contributed by atoms with Crippen LogP contribution in [0.5, 0.6) is 0 Å². The van der Waals surface area contributed by atoms with Crippen molar-refractivity contribution in [2.45, 2.75) is 26.3 Å². The van der Waals surface area contributed by atoms with Crippen LogP contribution >= 0.6 is 0 Å². The maximum atomic E-state index is 13.2. The molecule has 1 amide bonds. The fraction of sp³-hybridized carbons (Fsp3) is 0.364. The van der Waals surface area contributed by atoms with E-state index < -0.39 is 5.82 Å². The molecule has 0 aliphatic heterocycles. The number of nitrogens with one attached hydrogen (secondary N) is 1. The molecule has 14 heavy (non-hydrogen) atoms. The van der Waals surface area contributed by atoms with Gasteiger partial charge in [0.05, 0.1) is 5.56 Å². The Morgan fingerprint density at radius 1 is 1.29 bits per heavy atom. The first-order chi connectivity index (χ1) is 6.40. The monoisotopic (exact) mass is 195 g/mol. The molecular formula is C11H14FNO. The van der Waals surface area contributed by atoms with E-state index in [0.29, 0.717) is 0 Å². The molecule has 3 heteroatoms. The summed E-state index contributed by atoms with van der Waals surface area (Å²) in [5, 5.41) is 2.70. The second kappa shape index (κ2) is 3.78. The summed E-state index contributed by atoms with van der Waals surface area (Å²) in [7, 11) is 0. The Balaban J connectivity index is 2.86. The smallest absolute Gasteiger partial charge is 0.254 e. The number of hydrogen-bond donors (Lipinski definition) is 1. The van der Waals surface area contributed by atoms with Crippen molar-refractivity contribution in [3.63, 3.8) is 0 Å². The van der Waals surface area contributed by atoms with Gasteiger partial charge >= 0.3 is 0 Å². The molecule has 0 saturated heterocycles. The quantitative estimate of drug-likeness (QED) is 0.732. The van der Waals surface area contributed by atoms with Crippen LogP contribution in [-0.4, -0.2) is 11.4 Å². The number of hydrogen-bond acceptors (Lipinski definition) is 1. The molecule has 0 bridgehead atoms. The summed E-state index contributed by atoms with van der Waals surface area (Å²) >= 11 is 0. The molecule has 0 fully saturated rings. The van der Waals surface area contributed by atoms with Gasteiger partial charge in [0.25, 0.3) is 5.91 Å². The summed E-state index contributed by atoms with van der Waals surface area (Å²) < 4.78 is 13.2. The standard InChI is InChI=1S/C11H14FNO/c1-11(2,3)13-10(14)8-6-4-5-7-9(8)12/h4-7H,1-3H3,(H,13,14). The van der Waals surface area contributed by atoms with E-state index >= 15 is 0 Å². The predicted molar refractivity (Wildman–Crippen MR) is 53.6 cm³/mol. The summed E-state index contributed by atoms with van der Waals surface area (Å²) in [6.45, 7) is 5.56. The molecule has 0 heterocycles. The van der Waals surface area contributed by atoms with E-state index in [0.717, 1.165) is 0 Å². The highest BCUT2D eigenvalue weighted by molar-refractivity contribution is 5.94. The largest absolute Gasteiger partial charge is 0.347 e. The molecular weight excluding hydrogens is 181 g/mol. The summed E-state index contributed by atoms with van der Waals surface area (Å²) in [6, 6.07) is 5.94. The zero-order chi connectivity index (χ0) is 10.8. The van der Waals surface area contributed by atoms with E-state index in [2.05, 4.69) is 5.32 Å². The minimum atomic E-state index is -0.491. The molecule has 0 radical (unpaired) electrons. The molecule has 1 rings (SSSR count). The Kier molecular flexibility index (Phi) is 2.89. The van der Waals surface area contributed by atoms with E-state index in [9.17, 15) is 9.18 Å². The van der Waals surface area contributed by atoms with Gasteiger partial charge in [-0.25, -0.2) is 4.39 Å². The van der Waals surface area contributed by atoms with E-state index in [1.54, 1.807) is 12.1 Å². The van der Waals surface area contributed by atoms with Crippen molar-refractivity contribution in [3.8, 4) is 0 Å². The van der Waals surface area contributed by atoms with Crippen molar-refractivity contribution in [1.29, 1.82) is 0 Å². The Bertz CT molecular complexity index is 341. The van der Waals surface area contributed by atoms with Gasteiger partial charge in [-0.2, -0.15) is 0 Å². The van der Waals surface area contributed by atoms with Gasteiger partial charge in [-0.1, -0.05) is 12.1 Å². The predicted octanol–water partition coefficient (Wildman–Crippen LogP) is 2.35. The van der Waals surface area contributed by atoms with Crippen LogP contribution in [0.25, 0.3) is 0 Å². The highest BCUT2D eigenvalue weighted by Gasteiger charge is 2.17. The maximum absolute atomic E-state index is 13.2. The van der Waals surface area contributed by atoms with Crippen LogP contribution in [0.3, 0.4) is 0 Å². The summed E-state index contributed by atoms with van der Waals surface area (Å²) in [5.74, 6) is -0.871. The van der Waals surface area contributed by atoms with Crippen molar-refractivity contribution in [2.75, 3.05) is 0 Å². The summed E-state index contributed by atoms with van der Waals surface area (Å²) in [4.78, 5) is 11.5. The van der Waals surface area contributed by atoms with Crippen molar-refractivity contribution < 1.29 is 9.18 Å². The average Bonchev–Trinajstić information content (AvgIpc) is 2.01. The lowest BCUT2D eigenvalue weighted by molar-refractivity contribution is 0.0915. The first kappa shape index (κ1) is 10.7. The van der Waals surface area contributed by atoms with Gasteiger partial charge in [0.2, 0.25) is 0 Å². The van der Waals surface area contributed by atoms with E-state index in [1.165, 1.54) is 12.1 Å². The molecule has 76 valence electrons. The van der Waals surface area contributed by atoms with Crippen LogP contribution in [-0.2, 0) is 0 Å². The van der Waals surface area contributed by atoms with Crippen LogP contribution in [0.2, 0.25) is 0 Å². The maximum Gasteiger partial charge on any atom is 0.254 e. The first-order valence-electron chi connectivity index (χ1n) is 4.47. The lowest BCUT2D eigenvalue weighted by Crippen LogP contribution is -2.40. The van der Waals surface area contributed by atoms with Gasteiger partial charge in [-0.05, 0) is 32.9 Å². The second-order valence-corrected chi connectivity index (χ2v) is 4.18. The third-order valence-electron chi connectivity index (χ3n) is 1.61. The van der Waals surface area contributed by atoms with Crippen molar-refractivity contribution in [3.05, 3.63) is 35.6 Å². The van der Waals surface area contributed by atoms with Gasteiger partial charge in [-0.3, -0.25) is 4.79 Å². The molecule has 0 unspecified atom stereocenters. The first-order valence-corrected chi connectivity index (χ1v) is 4.47.